The van der Waals surface area contributed by atoms with Crippen molar-refractivity contribution in [2.75, 3.05) is 13.1 Å². The molecule has 1 N–H and O–H groups in total. The second-order valence-electron chi connectivity index (χ2n) is 4.38. The summed E-state index contributed by atoms with van der Waals surface area (Å²) in [6, 6.07) is -0.284. The van der Waals surface area contributed by atoms with Crippen LogP contribution in [0.2, 0.25) is 0 Å². The van der Waals surface area contributed by atoms with Gasteiger partial charge < -0.3 is 10.2 Å². The smallest absolute Gasteiger partial charge is 0.245 e. The van der Waals surface area contributed by atoms with Crippen molar-refractivity contribution >= 4 is 11.8 Å². The van der Waals surface area contributed by atoms with E-state index >= 15 is 0 Å². The summed E-state index contributed by atoms with van der Waals surface area (Å²) < 4.78 is 0. The van der Waals surface area contributed by atoms with E-state index in [1.807, 2.05) is 6.92 Å². The van der Waals surface area contributed by atoms with Gasteiger partial charge in [0.2, 0.25) is 11.8 Å². The van der Waals surface area contributed by atoms with E-state index in [4.69, 9.17) is 0 Å². The van der Waals surface area contributed by atoms with Crippen LogP contribution in [0.3, 0.4) is 0 Å². The topological polar surface area (TPSA) is 49.4 Å². The third-order valence-electron chi connectivity index (χ3n) is 2.89. The number of hydrogen-bond donors (Lipinski definition) is 1. The normalized spacial score (nSPS) is 21.1. The molecule has 1 heterocycles. The molecule has 16 heavy (non-hydrogen) atoms. The summed E-state index contributed by atoms with van der Waals surface area (Å²) in [6.07, 6.45) is 4.90. The van der Waals surface area contributed by atoms with Gasteiger partial charge in [-0.15, -0.1) is 0 Å². The summed E-state index contributed by atoms with van der Waals surface area (Å²) in [5, 5.41) is 2.76. The van der Waals surface area contributed by atoms with Gasteiger partial charge in [-0.05, 0) is 12.8 Å². The average Bonchev–Trinajstić information content (AvgIpc) is 2.25. The maximum atomic E-state index is 12.0. The Balaban J connectivity index is 2.48. The van der Waals surface area contributed by atoms with Crippen molar-refractivity contribution in [2.24, 2.45) is 0 Å². The Morgan fingerprint density at radius 3 is 2.62 bits per heavy atom. The molecule has 0 radical (unpaired) electrons. The molecule has 0 aromatic rings. The molecule has 0 aromatic heterocycles. The summed E-state index contributed by atoms with van der Waals surface area (Å²) in [5.41, 5.74) is 0. The Morgan fingerprint density at radius 1 is 1.25 bits per heavy atom. The maximum absolute atomic E-state index is 12.0. The van der Waals surface area contributed by atoms with Gasteiger partial charge in [0.1, 0.15) is 6.04 Å². The first kappa shape index (κ1) is 13.0. The van der Waals surface area contributed by atoms with Crippen molar-refractivity contribution in [1.29, 1.82) is 0 Å². The quantitative estimate of drug-likeness (QED) is 0.694. The molecule has 0 aliphatic carbocycles. The van der Waals surface area contributed by atoms with Crippen molar-refractivity contribution < 1.29 is 9.59 Å². The predicted molar refractivity (Wildman–Crippen MR) is 62.9 cm³/mol. The van der Waals surface area contributed by atoms with Crippen molar-refractivity contribution in [3.05, 3.63) is 0 Å². The molecule has 92 valence electrons. The summed E-state index contributed by atoms with van der Waals surface area (Å²) in [4.78, 5) is 25.1. The van der Waals surface area contributed by atoms with E-state index < -0.39 is 0 Å². The number of piperazine rings is 1. The second-order valence-corrected chi connectivity index (χ2v) is 4.38. The first-order chi connectivity index (χ1) is 7.69. The molecule has 1 aliphatic heterocycles. The van der Waals surface area contributed by atoms with Gasteiger partial charge in [-0.25, -0.2) is 0 Å². The number of amides is 2. The van der Waals surface area contributed by atoms with Crippen LogP contribution < -0.4 is 5.32 Å². The molecule has 1 unspecified atom stereocenters. The fourth-order valence-electron chi connectivity index (χ4n) is 2.00. The fraction of sp³-hybridized carbons (Fsp3) is 0.833. The number of hydrogen-bond acceptors (Lipinski definition) is 2. The van der Waals surface area contributed by atoms with Gasteiger partial charge in [-0.2, -0.15) is 0 Å². The summed E-state index contributed by atoms with van der Waals surface area (Å²) >= 11 is 0. The van der Waals surface area contributed by atoms with Gasteiger partial charge in [0.15, 0.2) is 0 Å². The molecule has 0 spiro atoms. The number of unbranched alkanes of at least 4 members (excludes halogenated alkanes) is 2. The molecule has 1 fully saturated rings. The molecule has 0 bridgehead atoms. The van der Waals surface area contributed by atoms with E-state index in [2.05, 4.69) is 12.2 Å². The van der Waals surface area contributed by atoms with Crippen LogP contribution >= 0.6 is 0 Å². The molecule has 0 aromatic carbocycles. The Kier molecular flexibility index (Phi) is 5.29. The largest absolute Gasteiger partial charge is 0.343 e. The summed E-state index contributed by atoms with van der Waals surface area (Å²) in [5.74, 6) is 0.0760. The lowest BCUT2D eigenvalue weighted by Gasteiger charge is -2.32. The maximum Gasteiger partial charge on any atom is 0.245 e. The second kappa shape index (κ2) is 6.51. The highest BCUT2D eigenvalue weighted by Gasteiger charge is 2.31. The highest BCUT2D eigenvalue weighted by atomic mass is 16.2. The number of nitrogens with zero attached hydrogens (tertiary/aromatic N) is 1. The van der Waals surface area contributed by atoms with Gasteiger partial charge in [0.05, 0.1) is 6.54 Å². The van der Waals surface area contributed by atoms with Gasteiger partial charge >= 0.3 is 0 Å². The predicted octanol–water partition coefficient (Wildman–Crippen LogP) is 1.30. The third-order valence-corrected chi connectivity index (χ3v) is 2.89. The Bertz CT molecular complexity index is 253. The number of rotatable bonds is 6. The highest BCUT2D eigenvalue weighted by Crippen LogP contribution is 2.09. The molecular weight excluding hydrogens is 204 g/mol. The van der Waals surface area contributed by atoms with Crippen LogP contribution in [-0.4, -0.2) is 35.8 Å². The first-order valence-electron chi connectivity index (χ1n) is 6.27. The highest BCUT2D eigenvalue weighted by molar-refractivity contribution is 5.94. The van der Waals surface area contributed by atoms with Crippen LogP contribution in [0.5, 0.6) is 0 Å². The van der Waals surface area contributed by atoms with Gasteiger partial charge in [0.25, 0.3) is 0 Å². The lowest BCUT2D eigenvalue weighted by Crippen LogP contribution is -2.58. The van der Waals surface area contributed by atoms with Crippen molar-refractivity contribution in [1.82, 2.24) is 10.2 Å². The first-order valence-corrected chi connectivity index (χ1v) is 6.27. The summed E-state index contributed by atoms with van der Waals surface area (Å²) in [7, 11) is 0. The van der Waals surface area contributed by atoms with E-state index in [0.717, 1.165) is 38.6 Å². The van der Waals surface area contributed by atoms with E-state index in [1.165, 1.54) is 0 Å². The molecule has 1 atom stereocenters. The molecule has 0 saturated carbocycles. The standard InChI is InChI=1S/C12H22N2O2/c1-3-5-6-8-14-9-11(15)13-10(7-4-2)12(14)16/h10H,3-9H2,1-2H3,(H,13,15). The van der Waals surface area contributed by atoms with Gasteiger partial charge in [-0.1, -0.05) is 33.1 Å². The molecule has 1 aliphatic rings. The van der Waals surface area contributed by atoms with Crippen LogP contribution in [0.1, 0.15) is 46.0 Å². The minimum Gasteiger partial charge on any atom is -0.343 e. The zero-order chi connectivity index (χ0) is 12.0. The molecule has 2 amide bonds. The average molecular weight is 226 g/mol. The Labute approximate surface area is 97.4 Å². The Morgan fingerprint density at radius 2 is 2.00 bits per heavy atom. The van der Waals surface area contributed by atoms with Crippen LogP contribution in [0.4, 0.5) is 0 Å². The van der Waals surface area contributed by atoms with Crippen LogP contribution in [0.25, 0.3) is 0 Å². The van der Waals surface area contributed by atoms with Crippen molar-refractivity contribution in [3.63, 3.8) is 0 Å². The number of carbonyl (C=O) groups is 2. The molecule has 4 nitrogen and oxygen atoms in total. The minimum absolute atomic E-state index is 0.0189. The van der Waals surface area contributed by atoms with Crippen molar-refractivity contribution in [3.8, 4) is 0 Å². The molecule has 1 saturated heterocycles. The van der Waals surface area contributed by atoms with Crippen molar-refractivity contribution in [2.45, 2.75) is 52.0 Å². The minimum atomic E-state index is -0.284. The van der Waals surface area contributed by atoms with Crippen LogP contribution in [0, 0.1) is 0 Å². The van der Waals surface area contributed by atoms with Gasteiger partial charge in [-0.3, -0.25) is 9.59 Å². The van der Waals surface area contributed by atoms with Crippen LogP contribution in [-0.2, 0) is 9.59 Å². The fourth-order valence-corrected chi connectivity index (χ4v) is 2.00. The number of carbonyl (C=O) groups excluding carboxylic acids is 2. The lowest BCUT2D eigenvalue weighted by molar-refractivity contribution is -0.144. The van der Waals surface area contributed by atoms with E-state index in [1.54, 1.807) is 4.90 Å². The SMILES string of the molecule is CCCCCN1CC(=O)NC(CCC)C1=O. The van der Waals surface area contributed by atoms with E-state index in [-0.39, 0.29) is 24.4 Å². The van der Waals surface area contributed by atoms with Gasteiger partial charge in [0, 0.05) is 6.54 Å². The third kappa shape index (κ3) is 3.51. The van der Waals surface area contributed by atoms with Crippen LogP contribution in [0.15, 0.2) is 0 Å². The molecule has 1 rings (SSSR count). The molecule has 4 heteroatoms. The zero-order valence-electron chi connectivity index (χ0n) is 10.3. The van der Waals surface area contributed by atoms with E-state index in [0.29, 0.717) is 0 Å². The van der Waals surface area contributed by atoms with E-state index in [9.17, 15) is 9.59 Å². The number of nitrogens with one attached hydrogen (secondary N) is 1. The monoisotopic (exact) mass is 226 g/mol. The Hall–Kier alpha value is -1.06. The molecular formula is C12H22N2O2. The zero-order valence-corrected chi connectivity index (χ0v) is 10.3. The summed E-state index contributed by atoms with van der Waals surface area (Å²) in [6.45, 7) is 5.11. The lowest BCUT2D eigenvalue weighted by atomic mass is 10.1.